The van der Waals surface area contributed by atoms with Crippen molar-refractivity contribution in [1.29, 1.82) is 0 Å². The van der Waals surface area contributed by atoms with Gasteiger partial charge in [0.2, 0.25) is 0 Å². The molecule has 0 unspecified atom stereocenters. The van der Waals surface area contributed by atoms with E-state index in [1.165, 1.54) is 18.4 Å². The van der Waals surface area contributed by atoms with E-state index in [2.05, 4.69) is 32.0 Å². The molecule has 1 aromatic rings. The lowest BCUT2D eigenvalue weighted by atomic mass is 9.85. The lowest BCUT2D eigenvalue weighted by Gasteiger charge is -2.20. The summed E-state index contributed by atoms with van der Waals surface area (Å²) in [5.74, 6) is 0.681. The van der Waals surface area contributed by atoms with Crippen molar-refractivity contribution in [3.63, 3.8) is 0 Å². The number of rotatable bonds is 1. The molecule has 0 aliphatic heterocycles. The molecule has 1 aliphatic rings. The Morgan fingerprint density at radius 3 is 2.27 bits per heavy atom. The minimum Gasteiger partial charge on any atom is -0.0587 e. The highest BCUT2D eigenvalue weighted by Gasteiger charge is 2.13. The maximum Gasteiger partial charge on any atom is -0.0219 e. The van der Waals surface area contributed by atoms with Gasteiger partial charge in [0.1, 0.15) is 0 Å². The zero-order chi connectivity index (χ0) is 7.84. The zero-order valence-electron chi connectivity index (χ0n) is 7.22. The molecule has 0 amide bonds. The Bertz CT molecular complexity index is 271. The van der Waals surface area contributed by atoms with E-state index in [9.17, 15) is 0 Å². The number of hydrogen-bond donors (Lipinski definition) is 0. The molecule has 0 saturated carbocycles. The standard InChI is InChI=1S/C11H14/c1-8(2)10-5-3-9-4-6-11(9)7-10/h3,5,7-8H,4,6H2,1-2H3. The number of hydrogen-bond acceptors (Lipinski definition) is 0. The fraction of sp³-hybridized carbons (Fsp3) is 0.455. The van der Waals surface area contributed by atoms with Gasteiger partial charge in [-0.2, -0.15) is 0 Å². The van der Waals surface area contributed by atoms with E-state index in [1.807, 2.05) is 0 Å². The third-order valence-corrected chi connectivity index (χ3v) is 2.56. The lowest BCUT2D eigenvalue weighted by molar-refractivity contribution is 0.809. The second-order valence-corrected chi connectivity index (χ2v) is 3.68. The Morgan fingerprint density at radius 1 is 1.09 bits per heavy atom. The summed E-state index contributed by atoms with van der Waals surface area (Å²) in [6.07, 6.45) is 2.60. The molecule has 1 aromatic carbocycles. The van der Waals surface area contributed by atoms with Crippen LogP contribution in [0.3, 0.4) is 0 Å². The minimum atomic E-state index is 0.681. The van der Waals surface area contributed by atoms with Crippen LogP contribution in [-0.4, -0.2) is 0 Å². The van der Waals surface area contributed by atoms with Crippen molar-refractivity contribution in [3.8, 4) is 0 Å². The van der Waals surface area contributed by atoms with E-state index in [-0.39, 0.29) is 0 Å². The van der Waals surface area contributed by atoms with Gasteiger partial charge < -0.3 is 0 Å². The SMILES string of the molecule is CC(C)c1ccc2c(c1)CC2. The molecule has 58 valence electrons. The second-order valence-electron chi connectivity index (χ2n) is 3.68. The fourth-order valence-electron chi connectivity index (χ4n) is 1.57. The Hall–Kier alpha value is -0.780. The van der Waals surface area contributed by atoms with Crippen molar-refractivity contribution in [2.24, 2.45) is 0 Å². The second kappa shape index (κ2) is 2.37. The first-order chi connectivity index (χ1) is 5.27. The van der Waals surface area contributed by atoms with Crippen molar-refractivity contribution in [1.82, 2.24) is 0 Å². The van der Waals surface area contributed by atoms with Crippen molar-refractivity contribution >= 4 is 0 Å². The van der Waals surface area contributed by atoms with Crippen molar-refractivity contribution in [2.45, 2.75) is 32.6 Å². The Morgan fingerprint density at radius 2 is 1.82 bits per heavy atom. The van der Waals surface area contributed by atoms with E-state index in [4.69, 9.17) is 0 Å². The first-order valence-electron chi connectivity index (χ1n) is 4.39. The summed E-state index contributed by atoms with van der Waals surface area (Å²) in [5, 5.41) is 0. The van der Waals surface area contributed by atoms with Gasteiger partial charge >= 0.3 is 0 Å². The largest absolute Gasteiger partial charge is 0.0587 e. The molecule has 0 radical (unpaired) electrons. The van der Waals surface area contributed by atoms with Crippen LogP contribution < -0.4 is 0 Å². The van der Waals surface area contributed by atoms with Gasteiger partial charge in [-0.1, -0.05) is 32.0 Å². The van der Waals surface area contributed by atoms with E-state index in [0.717, 1.165) is 0 Å². The van der Waals surface area contributed by atoms with Crippen LogP contribution in [0.4, 0.5) is 0 Å². The molecule has 11 heavy (non-hydrogen) atoms. The fourth-order valence-corrected chi connectivity index (χ4v) is 1.57. The molecule has 0 saturated heterocycles. The monoisotopic (exact) mass is 146 g/mol. The predicted molar refractivity (Wildman–Crippen MR) is 47.9 cm³/mol. The summed E-state index contributed by atoms with van der Waals surface area (Å²) in [7, 11) is 0. The van der Waals surface area contributed by atoms with E-state index >= 15 is 0 Å². The van der Waals surface area contributed by atoms with E-state index in [0.29, 0.717) is 5.92 Å². The molecule has 0 atom stereocenters. The van der Waals surface area contributed by atoms with Crippen LogP contribution in [0.1, 0.15) is 36.5 Å². The first kappa shape index (κ1) is 6.90. The Balaban J connectivity index is 2.38. The normalized spacial score (nSPS) is 14.5. The van der Waals surface area contributed by atoms with Gasteiger partial charge in [-0.25, -0.2) is 0 Å². The molecule has 0 heteroatoms. The van der Waals surface area contributed by atoms with Crippen LogP contribution in [0, 0.1) is 0 Å². The van der Waals surface area contributed by atoms with Gasteiger partial charge in [0.25, 0.3) is 0 Å². The smallest absolute Gasteiger partial charge is 0.0219 e. The number of fused-ring (bicyclic) bond motifs is 1. The van der Waals surface area contributed by atoms with Crippen LogP contribution in [0.25, 0.3) is 0 Å². The molecule has 0 N–H and O–H groups in total. The van der Waals surface area contributed by atoms with Crippen LogP contribution in [-0.2, 0) is 12.8 Å². The zero-order valence-corrected chi connectivity index (χ0v) is 7.22. The maximum absolute atomic E-state index is 2.36. The molecule has 0 heterocycles. The number of aryl methyl sites for hydroxylation is 2. The summed E-state index contributed by atoms with van der Waals surface area (Å²) >= 11 is 0. The van der Waals surface area contributed by atoms with Crippen molar-refractivity contribution in [3.05, 3.63) is 34.9 Å². The van der Waals surface area contributed by atoms with Crippen LogP contribution in [0.2, 0.25) is 0 Å². The van der Waals surface area contributed by atoms with Gasteiger partial charge in [-0.05, 0) is 35.4 Å². The summed E-state index contributed by atoms with van der Waals surface area (Å²) < 4.78 is 0. The third kappa shape index (κ3) is 1.07. The van der Waals surface area contributed by atoms with Crippen LogP contribution in [0.5, 0.6) is 0 Å². The third-order valence-electron chi connectivity index (χ3n) is 2.56. The van der Waals surface area contributed by atoms with Gasteiger partial charge in [-0.15, -0.1) is 0 Å². The van der Waals surface area contributed by atoms with Crippen LogP contribution in [0.15, 0.2) is 18.2 Å². The highest BCUT2D eigenvalue weighted by molar-refractivity contribution is 5.39. The Labute approximate surface area is 68.3 Å². The van der Waals surface area contributed by atoms with Crippen molar-refractivity contribution in [2.75, 3.05) is 0 Å². The lowest BCUT2D eigenvalue weighted by Crippen LogP contribution is -2.08. The van der Waals surface area contributed by atoms with Gasteiger partial charge in [0, 0.05) is 0 Å². The van der Waals surface area contributed by atoms with E-state index in [1.54, 1.807) is 11.1 Å². The molecular formula is C11H14. The summed E-state index contributed by atoms with van der Waals surface area (Å²) in [6.45, 7) is 4.50. The first-order valence-corrected chi connectivity index (χ1v) is 4.39. The van der Waals surface area contributed by atoms with Gasteiger partial charge in [0.15, 0.2) is 0 Å². The molecule has 0 aromatic heterocycles. The molecular weight excluding hydrogens is 132 g/mol. The molecule has 0 nitrogen and oxygen atoms in total. The van der Waals surface area contributed by atoms with Gasteiger partial charge in [0.05, 0.1) is 0 Å². The summed E-state index contributed by atoms with van der Waals surface area (Å²) in [4.78, 5) is 0. The predicted octanol–water partition coefficient (Wildman–Crippen LogP) is 2.91. The maximum atomic E-state index is 2.36. The summed E-state index contributed by atoms with van der Waals surface area (Å²) in [6, 6.07) is 6.92. The highest BCUT2D eigenvalue weighted by Crippen LogP contribution is 2.26. The average molecular weight is 146 g/mol. The van der Waals surface area contributed by atoms with Gasteiger partial charge in [-0.3, -0.25) is 0 Å². The molecule has 2 rings (SSSR count). The number of benzene rings is 1. The Kier molecular flexibility index (Phi) is 1.49. The highest BCUT2D eigenvalue weighted by atomic mass is 14.2. The topological polar surface area (TPSA) is 0 Å². The molecule has 0 spiro atoms. The summed E-state index contributed by atoms with van der Waals surface area (Å²) in [5.41, 5.74) is 4.63. The van der Waals surface area contributed by atoms with Crippen LogP contribution >= 0.6 is 0 Å². The minimum absolute atomic E-state index is 0.681. The molecule has 0 bridgehead atoms. The quantitative estimate of drug-likeness (QED) is 0.571. The van der Waals surface area contributed by atoms with Crippen molar-refractivity contribution < 1.29 is 0 Å². The van der Waals surface area contributed by atoms with E-state index < -0.39 is 0 Å². The molecule has 0 fully saturated rings. The molecule has 1 aliphatic carbocycles. The average Bonchev–Trinajstić information content (AvgIpc) is 1.91.